The zero-order valence-corrected chi connectivity index (χ0v) is 18.2. The van der Waals surface area contributed by atoms with Crippen LogP contribution in [0.5, 0.6) is 5.75 Å². The lowest BCUT2D eigenvalue weighted by Gasteiger charge is -2.43. The summed E-state index contributed by atoms with van der Waals surface area (Å²) in [5, 5.41) is 6.05. The second-order valence-electron chi connectivity index (χ2n) is 8.22. The molecule has 0 radical (unpaired) electrons. The van der Waals surface area contributed by atoms with E-state index in [1.54, 1.807) is 0 Å². The van der Waals surface area contributed by atoms with Gasteiger partial charge in [-0.1, -0.05) is 0 Å². The second-order valence-corrected chi connectivity index (χ2v) is 9.33. The SMILES string of the molecule is O=C(CCCOc1ccc2c(c1)CCC(=O)N2)NCC1(N2CCOCC2)CCSC1. The van der Waals surface area contributed by atoms with Gasteiger partial charge in [0.05, 0.1) is 19.8 Å². The quantitative estimate of drug-likeness (QED) is 0.611. The van der Waals surface area contributed by atoms with Gasteiger partial charge in [0, 0.05) is 49.5 Å². The lowest BCUT2D eigenvalue weighted by molar-refractivity contribution is -0.122. The molecule has 2 amide bonds. The number of fused-ring (bicyclic) bond motifs is 1. The van der Waals surface area contributed by atoms with Gasteiger partial charge in [0.1, 0.15) is 5.75 Å². The lowest BCUT2D eigenvalue weighted by atomic mass is 9.95. The van der Waals surface area contributed by atoms with Crippen molar-refractivity contribution in [2.45, 2.75) is 37.6 Å². The summed E-state index contributed by atoms with van der Waals surface area (Å²) in [7, 11) is 0. The number of morpholine rings is 1. The molecule has 2 fully saturated rings. The highest BCUT2D eigenvalue weighted by Crippen LogP contribution is 2.33. The average Bonchev–Trinajstić information content (AvgIpc) is 3.26. The standard InChI is InChI=1S/C22H31N3O4S/c26-20(23-15-22(7-13-30-16-22)25-8-11-28-12-9-25)2-1-10-29-18-4-5-19-17(14-18)3-6-21(27)24-19/h4-5,14H,1-3,6-13,15-16H2,(H,23,26)(H,24,27). The Labute approximate surface area is 182 Å². The van der Waals surface area contributed by atoms with Crippen LogP contribution in [-0.4, -0.2) is 73.2 Å². The van der Waals surface area contributed by atoms with Gasteiger partial charge in [-0.15, -0.1) is 0 Å². The predicted octanol–water partition coefficient (Wildman–Crippen LogP) is 2.05. The fraction of sp³-hybridized carbons (Fsp3) is 0.636. The summed E-state index contributed by atoms with van der Waals surface area (Å²) in [4.78, 5) is 26.4. The summed E-state index contributed by atoms with van der Waals surface area (Å²) >= 11 is 1.98. The largest absolute Gasteiger partial charge is 0.494 e. The number of anilines is 1. The molecule has 3 aliphatic heterocycles. The zero-order valence-electron chi connectivity index (χ0n) is 17.4. The average molecular weight is 434 g/mol. The number of hydrogen-bond donors (Lipinski definition) is 2. The molecule has 2 N–H and O–H groups in total. The van der Waals surface area contributed by atoms with Gasteiger partial charge in [-0.3, -0.25) is 14.5 Å². The number of carbonyl (C=O) groups excluding carboxylic acids is 2. The van der Waals surface area contributed by atoms with Crippen molar-refractivity contribution in [2.75, 3.05) is 56.3 Å². The Bertz CT molecular complexity index is 761. The zero-order chi connectivity index (χ0) is 20.8. The molecule has 0 saturated carbocycles. The van der Waals surface area contributed by atoms with E-state index in [0.717, 1.165) is 74.2 Å². The molecule has 2 saturated heterocycles. The third-order valence-corrected chi connectivity index (χ3v) is 7.40. The molecule has 0 spiro atoms. The van der Waals surface area contributed by atoms with E-state index in [1.165, 1.54) is 0 Å². The van der Waals surface area contributed by atoms with Crippen molar-refractivity contribution in [1.29, 1.82) is 0 Å². The highest BCUT2D eigenvalue weighted by Gasteiger charge is 2.40. The summed E-state index contributed by atoms with van der Waals surface area (Å²) in [5.41, 5.74) is 2.06. The number of benzene rings is 1. The maximum absolute atomic E-state index is 12.4. The van der Waals surface area contributed by atoms with E-state index in [0.29, 0.717) is 25.9 Å². The Hall–Kier alpha value is -1.77. The molecule has 8 heteroatoms. The molecule has 1 aromatic rings. The first-order chi connectivity index (χ1) is 14.6. The van der Waals surface area contributed by atoms with Crippen LogP contribution in [0.15, 0.2) is 18.2 Å². The van der Waals surface area contributed by atoms with Crippen molar-refractivity contribution in [3.05, 3.63) is 23.8 Å². The van der Waals surface area contributed by atoms with Gasteiger partial charge in [-0.25, -0.2) is 0 Å². The Balaban J connectivity index is 1.18. The molecule has 30 heavy (non-hydrogen) atoms. The highest BCUT2D eigenvalue weighted by molar-refractivity contribution is 7.99. The molecule has 0 bridgehead atoms. The van der Waals surface area contributed by atoms with E-state index in [-0.39, 0.29) is 17.4 Å². The van der Waals surface area contributed by atoms with Crippen molar-refractivity contribution < 1.29 is 19.1 Å². The van der Waals surface area contributed by atoms with Crippen molar-refractivity contribution in [2.24, 2.45) is 0 Å². The molecule has 1 aromatic carbocycles. The number of ether oxygens (including phenoxy) is 2. The molecule has 164 valence electrons. The first kappa shape index (κ1) is 21.5. The smallest absolute Gasteiger partial charge is 0.224 e. The van der Waals surface area contributed by atoms with Crippen LogP contribution < -0.4 is 15.4 Å². The van der Waals surface area contributed by atoms with Gasteiger partial charge < -0.3 is 20.1 Å². The first-order valence-corrected chi connectivity index (χ1v) is 12.0. The maximum atomic E-state index is 12.4. The minimum absolute atomic E-state index is 0.0637. The number of carbonyl (C=O) groups is 2. The third-order valence-electron chi connectivity index (χ3n) is 6.17. The van der Waals surface area contributed by atoms with Crippen LogP contribution in [-0.2, 0) is 20.7 Å². The summed E-state index contributed by atoms with van der Waals surface area (Å²) in [5.74, 6) is 3.19. The van der Waals surface area contributed by atoms with Crippen LogP contribution in [0.3, 0.4) is 0 Å². The number of amides is 2. The van der Waals surface area contributed by atoms with Crippen LogP contribution >= 0.6 is 11.8 Å². The monoisotopic (exact) mass is 433 g/mol. The molecular formula is C22H31N3O4S. The van der Waals surface area contributed by atoms with Crippen LogP contribution in [0.2, 0.25) is 0 Å². The topological polar surface area (TPSA) is 79.9 Å². The molecule has 4 rings (SSSR count). The van der Waals surface area contributed by atoms with Crippen molar-refractivity contribution in [3.8, 4) is 5.75 Å². The Morgan fingerprint density at radius 1 is 1.30 bits per heavy atom. The summed E-state index contributed by atoms with van der Waals surface area (Å²) in [6.07, 6.45) is 3.52. The van der Waals surface area contributed by atoms with E-state index < -0.39 is 0 Å². The minimum Gasteiger partial charge on any atom is -0.494 e. The molecule has 3 aliphatic rings. The van der Waals surface area contributed by atoms with Gasteiger partial charge in [0.2, 0.25) is 11.8 Å². The third kappa shape index (κ3) is 5.28. The fourth-order valence-electron chi connectivity index (χ4n) is 4.36. The Morgan fingerprint density at radius 3 is 2.97 bits per heavy atom. The van der Waals surface area contributed by atoms with Crippen molar-refractivity contribution in [3.63, 3.8) is 0 Å². The molecule has 0 aliphatic carbocycles. The van der Waals surface area contributed by atoms with Crippen molar-refractivity contribution >= 4 is 29.3 Å². The summed E-state index contributed by atoms with van der Waals surface area (Å²) in [6, 6.07) is 5.74. The van der Waals surface area contributed by atoms with Gasteiger partial charge >= 0.3 is 0 Å². The highest BCUT2D eigenvalue weighted by atomic mass is 32.2. The number of nitrogens with zero attached hydrogens (tertiary/aromatic N) is 1. The normalized spacial score (nSPS) is 24.2. The fourth-order valence-corrected chi connectivity index (χ4v) is 5.84. The first-order valence-electron chi connectivity index (χ1n) is 10.9. The van der Waals surface area contributed by atoms with Crippen LogP contribution in [0.4, 0.5) is 5.69 Å². The van der Waals surface area contributed by atoms with E-state index in [1.807, 2.05) is 30.0 Å². The Morgan fingerprint density at radius 2 is 2.17 bits per heavy atom. The van der Waals surface area contributed by atoms with Gasteiger partial charge in [0.15, 0.2) is 0 Å². The lowest BCUT2D eigenvalue weighted by Crippen LogP contribution is -2.59. The molecule has 7 nitrogen and oxygen atoms in total. The van der Waals surface area contributed by atoms with Gasteiger partial charge in [0.25, 0.3) is 0 Å². The number of hydrogen-bond acceptors (Lipinski definition) is 6. The molecule has 1 atom stereocenters. The second kappa shape index (κ2) is 10.0. The number of nitrogens with one attached hydrogen (secondary N) is 2. The van der Waals surface area contributed by atoms with E-state index in [9.17, 15) is 9.59 Å². The van der Waals surface area contributed by atoms with Gasteiger partial charge in [-0.2, -0.15) is 11.8 Å². The Kier molecular flexibility index (Phi) is 7.17. The maximum Gasteiger partial charge on any atom is 0.224 e. The number of aryl methyl sites for hydroxylation is 1. The number of rotatable bonds is 8. The molecule has 3 heterocycles. The van der Waals surface area contributed by atoms with Crippen molar-refractivity contribution in [1.82, 2.24) is 10.2 Å². The van der Waals surface area contributed by atoms with Gasteiger partial charge in [-0.05, 0) is 48.8 Å². The van der Waals surface area contributed by atoms with E-state index >= 15 is 0 Å². The molecule has 1 unspecified atom stereocenters. The predicted molar refractivity (Wildman–Crippen MR) is 118 cm³/mol. The van der Waals surface area contributed by atoms with Crippen LogP contribution in [0, 0.1) is 0 Å². The van der Waals surface area contributed by atoms with Crippen LogP contribution in [0.25, 0.3) is 0 Å². The van der Waals surface area contributed by atoms with E-state index in [4.69, 9.17) is 9.47 Å². The number of thioether (sulfide) groups is 1. The van der Waals surface area contributed by atoms with E-state index in [2.05, 4.69) is 15.5 Å². The minimum atomic E-state index is 0.0637. The summed E-state index contributed by atoms with van der Waals surface area (Å²) in [6.45, 7) is 4.70. The molecular weight excluding hydrogens is 402 g/mol. The molecule has 0 aromatic heterocycles. The van der Waals surface area contributed by atoms with Crippen LogP contribution in [0.1, 0.15) is 31.2 Å². The summed E-state index contributed by atoms with van der Waals surface area (Å²) < 4.78 is 11.3.